The lowest BCUT2D eigenvalue weighted by atomic mass is 10.1. The summed E-state index contributed by atoms with van der Waals surface area (Å²) in [7, 11) is 1.32. The molecule has 0 aliphatic rings. The highest BCUT2D eigenvalue weighted by Gasteiger charge is 2.13. The molecule has 21 heavy (non-hydrogen) atoms. The number of methoxy groups -OCH3 is 1. The zero-order valence-electron chi connectivity index (χ0n) is 11.7. The van der Waals surface area contributed by atoms with Gasteiger partial charge in [-0.05, 0) is 36.8 Å². The van der Waals surface area contributed by atoms with Crippen molar-refractivity contribution >= 4 is 34.9 Å². The van der Waals surface area contributed by atoms with Crippen LogP contribution in [0.3, 0.4) is 0 Å². The second-order valence-corrected chi connectivity index (χ2v) is 5.39. The van der Waals surface area contributed by atoms with E-state index in [0.29, 0.717) is 15.6 Å². The lowest BCUT2D eigenvalue weighted by molar-refractivity contribution is 0.0601. The Morgan fingerprint density at radius 3 is 2.52 bits per heavy atom. The quantitative estimate of drug-likeness (QED) is 0.809. The van der Waals surface area contributed by atoms with Gasteiger partial charge in [-0.25, -0.2) is 4.79 Å². The van der Waals surface area contributed by atoms with Crippen molar-refractivity contribution in [3.8, 4) is 0 Å². The summed E-state index contributed by atoms with van der Waals surface area (Å²) < 4.78 is 4.71. The second-order valence-electron chi connectivity index (χ2n) is 4.57. The Morgan fingerprint density at radius 1 is 1.14 bits per heavy atom. The number of benzene rings is 2. The molecule has 0 amide bonds. The Hall–Kier alpha value is -1.71. The Balaban J connectivity index is 2.24. The van der Waals surface area contributed by atoms with E-state index in [-0.39, 0.29) is 6.04 Å². The second kappa shape index (κ2) is 6.83. The van der Waals surface area contributed by atoms with Crippen molar-refractivity contribution in [2.75, 3.05) is 12.4 Å². The van der Waals surface area contributed by atoms with Gasteiger partial charge >= 0.3 is 5.97 Å². The minimum atomic E-state index is -0.464. The number of nitrogens with one attached hydrogen (secondary N) is 1. The topological polar surface area (TPSA) is 38.3 Å². The van der Waals surface area contributed by atoms with E-state index in [0.717, 1.165) is 11.3 Å². The molecule has 110 valence electrons. The van der Waals surface area contributed by atoms with Crippen LogP contribution < -0.4 is 5.32 Å². The first-order valence-electron chi connectivity index (χ1n) is 6.41. The first-order chi connectivity index (χ1) is 10.0. The Morgan fingerprint density at radius 2 is 1.86 bits per heavy atom. The summed E-state index contributed by atoms with van der Waals surface area (Å²) in [5, 5.41) is 4.35. The zero-order chi connectivity index (χ0) is 15.4. The van der Waals surface area contributed by atoms with Crippen molar-refractivity contribution in [3.05, 3.63) is 63.6 Å². The minimum Gasteiger partial charge on any atom is -0.465 e. The van der Waals surface area contributed by atoms with E-state index in [2.05, 4.69) is 5.32 Å². The third-order valence-corrected chi connectivity index (χ3v) is 3.80. The van der Waals surface area contributed by atoms with Crippen LogP contribution in [0.4, 0.5) is 5.69 Å². The molecule has 3 nitrogen and oxygen atoms in total. The molecule has 1 N–H and O–H groups in total. The lowest BCUT2D eigenvalue weighted by Crippen LogP contribution is -2.09. The van der Waals surface area contributed by atoms with E-state index in [1.54, 1.807) is 12.1 Å². The first kappa shape index (κ1) is 15.7. The number of carbonyl (C=O) groups excluding carboxylic acids is 1. The fourth-order valence-corrected chi connectivity index (χ4v) is 2.53. The van der Waals surface area contributed by atoms with Crippen molar-refractivity contribution in [1.82, 2.24) is 0 Å². The van der Waals surface area contributed by atoms with Gasteiger partial charge in [0.05, 0.1) is 17.7 Å². The molecule has 0 saturated heterocycles. The Bertz CT molecular complexity index is 658. The van der Waals surface area contributed by atoms with Crippen LogP contribution in [0.1, 0.15) is 28.9 Å². The van der Waals surface area contributed by atoms with E-state index < -0.39 is 5.97 Å². The number of ether oxygens (including phenoxy) is 1. The Kier molecular flexibility index (Phi) is 5.10. The van der Waals surface area contributed by atoms with Crippen molar-refractivity contribution in [1.29, 1.82) is 0 Å². The van der Waals surface area contributed by atoms with Gasteiger partial charge in [0.1, 0.15) is 0 Å². The largest absolute Gasteiger partial charge is 0.465 e. The fourth-order valence-electron chi connectivity index (χ4n) is 2.04. The number of hydrogen-bond acceptors (Lipinski definition) is 3. The molecular weight excluding hydrogens is 309 g/mol. The van der Waals surface area contributed by atoms with Gasteiger partial charge in [-0.1, -0.05) is 41.4 Å². The SMILES string of the molecule is COC(=O)c1cc(NC(C)c2ccccc2Cl)ccc1Cl. The zero-order valence-corrected chi connectivity index (χ0v) is 13.2. The maximum atomic E-state index is 11.6. The van der Waals surface area contributed by atoms with Crippen molar-refractivity contribution in [3.63, 3.8) is 0 Å². The van der Waals surface area contributed by atoms with Gasteiger partial charge < -0.3 is 10.1 Å². The number of anilines is 1. The highest BCUT2D eigenvalue weighted by atomic mass is 35.5. The number of esters is 1. The lowest BCUT2D eigenvalue weighted by Gasteiger charge is -2.17. The van der Waals surface area contributed by atoms with Crippen molar-refractivity contribution in [2.45, 2.75) is 13.0 Å². The molecule has 2 aromatic carbocycles. The van der Waals surface area contributed by atoms with E-state index >= 15 is 0 Å². The maximum absolute atomic E-state index is 11.6. The summed E-state index contributed by atoms with van der Waals surface area (Å²) >= 11 is 12.2. The van der Waals surface area contributed by atoms with Crippen molar-refractivity contribution in [2.24, 2.45) is 0 Å². The van der Waals surface area contributed by atoms with Gasteiger partial charge in [-0.15, -0.1) is 0 Å². The fraction of sp³-hybridized carbons (Fsp3) is 0.188. The molecule has 1 unspecified atom stereocenters. The molecule has 0 spiro atoms. The predicted molar refractivity (Wildman–Crippen MR) is 86.3 cm³/mol. The van der Waals surface area contributed by atoms with Gasteiger partial charge in [0.25, 0.3) is 0 Å². The summed E-state index contributed by atoms with van der Waals surface area (Å²) in [6.07, 6.45) is 0. The number of carbonyl (C=O) groups is 1. The summed E-state index contributed by atoms with van der Waals surface area (Å²) in [5.74, 6) is -0.464. The molecule has 0 aliphatic heterocycles. The van der Waals surface area contributed by atoms with Crippen LogP contribution in [0.25, 0.3) is 0 Å². The van der Waals surface area contributed by atoms with Crippen LogP contribution >= 0.6 is 23.2 Å². The normalized spacial score (nSPS) is 11.8. The maximum Gasteiger partial charge on any atom is 0.339 e. The van der Waals surface area contributed by atoms with Crippen molar-refractivity contribution < 1.29 is 9.53 Å². The standard InChI is InChI=1S/C16H15Cl2NO2/c1-10(12-5-3-4-6-14(12)17)19-11-7-8-15(18)13(9-11)16(20)21-2/h3-10,19H,1-2H3. The third-order valence-electron chi connectivity index (χ3n) is 3.13. The number of halogens is 2. The number of hydrogen-bond donors (Lipinski definition) is 1. The molecule has 2 rings (SSSR count). The Labute approximate surface area is 133 Å². The average Bonchev–Trinajstić information content (AvgIpc) is 2.48. The van der Waals surface area contributed by atoms with Crippen LogP contribution in [-0.2, 0) is 4.74 Å². The molecule has 2 aromatic rings. The highest BCUT2D eigenvalue weighted by molar-refractivity contribution is 6.33. The van der Waals surface area contributed by atoms with Crippen LogP contribution in [-0.4, -0.2) is 13.1 Å². The minimum absolute atomic E-state index is 0.00891. The first-order valence-corrected chi connectivity index (χ1v) is 7.17. The van der Waals surface area contributed by atoms with Gasteiger partial charge in [-0.2, -0.15) is 0 Å². The van der Waals surface area contributed by atoms with Crippen LogP contribution in [0.15, 0.2) is 42.5 Å². The summed E-state index contributed by atoms with van der Waals surface area (Å²) in [6.45, 7) is 1.99. The smallest absolute Gasteiger partial charge is 0.339 e. The predicted octanol–water partition coefficient (Wildman–Crippen LogP) is 4.95. The van der Waals surface area contributed by atoms with Gasteiger partial charge in [0.15, 0.2) is 0 Å². The van der Waals surface area contributed by atoms with E-state index in [1.807, 2.05) is 37.3 Å². The van der Waals surface area contributed by atoms with Gasteiger partial charge in [0, 0.05) is 16.8 Å². The molecule has 0 saturated carbocycles. The molecule has 0 aromatic heterocycles. The molecule has 0 radical (unpaired) electrons. The summed E-state index contributed by atoms with van der Waals surface area (Å²) in [4.78, 5) is 11.6. The monoisotopic (exact) mass is 323 g/mol. The molecule has 5 heteroatoms. The van der Waals surface area contributed by atoms with E-state index in [9.17, 15) is 4.79 Å². The van der Waals surface area contributed by atoms with Crippen LogP contribution in [0, 0.1) is 0 Å². The summed E-state index contributed by atoms with van der Waals surface area (Å²) in [6, 6.07) is 12.7. The molecule has 0 aliphatic carbocycles. The van der Waals surface area contributed by atoms with Gasteiger partial charge in [-0.3, -0.25) is 0 Å². The molecule has 0 fully saturated rings. The molecule has 0 heterocycles. The van der Waals surface area contributed by atoms with Crippen LogP contribution in [0.2, 0.25) is 10.0 Å². The van der Waals surface area contributed by atoms with E-state index in [1.165, 1.54) is 7.11 Å². The molecular formula is C16H15Cl2NO2. The molecule has 1 atom stereocenters. The van der Waals surface area contributed by atoms with Crippen LogP contribution in [0.5, 0.6) is 0 Å². The average molecular weight is 324 g/mol. The number of rotatable bonds is 4. The third kappa shape index (κ3) is 3.69. The molecule has 0 bridgehead atoms. The highest BCUT2D eigenvalue weighted by Crippen LogP contribution is 2.27. The van der Waals surface area contributed by atoms with Gasteiger partial charge in [0.2, 0.25) is 0 Å². The summed E-state index contributed by atoms with van der Waals surface area (Å²) in [5.41, 5.74) is 2.08. The van der Waals surface area contributed by atoms with E-state index in [4.69, 9.17) is 27.9 Å².